The van der Waals surface area contributed by atoms with Crippen molar-refractivity contribution in [3.63, 3.8) is 0 Å². The lowest BCUT2D eigenvalue weighted by molar-refractivity contribution is 0.723. The highest BCUT2D eigenvalue weighted by molar-refractivity contribution is 6.09. The minimum absolute atomic E-state index is 0.205. The van der Waals surface area contributed by atoms with Crippen LogP contribution in [0.15, 0.2) is 139 Å². The second kappa shape index (κ2) is 10.3. The number of aliphatic imine (C=N–C) groups is 1. The molecule has 7 aromatic rings. The quantitative estimate of drug-likeness (QED) is 0.198. The van der Waals surface area contributed by atoms with E-state index in [9.17, 15) is 0 Å². The summed E-state index contributed by atoms with van der Waals surface area (Å²) in [6.45, 7) is 2.35. The minimum atomic E-state index is 0.205. The van der Waals surface area contributed by atoms with Gasteiger partial charge in [0, 0.05) is 63.0 Å². The average molecular weight is 580 g/mol. The molecular weight excluding hydrogens is 546 g/mol. The van der Waals surface area contributed by atoms with Crippen LogP contribution in [0.1, 0.15) is 54.0 Å². The molecule has 216 valence electrons. The number of fused-ring (bicyclic) bond motifs is 6. The molecule has 0 N–H and O–H groups in total. The molecule has 0 bridgehead atoms. The fourth-order valence-corrected chi connectivity index (χ4v) is 7.64. The predicted octanol–water partition coefficient (Wildman–Crippen LogP) is 10.8. The van der Waals surface area contributed by atoms with E-state index in [1.807, 2.05) is 0 Å². The molecule has 0 spiro atoms. The van der Waals surface area contributed by atoms with Crippen LogP contribution in [0.3, 0.4) is 0 Å². The van der Waals surface area contributed by atoms with E-state index < -0.39 is 0 Å². The van der Waals surface area contributed by atoms with Crippen LogP contribution in [0, 0.1) is 0 Å². The van der Waals surface area contributed by atoms with E-state index >= 15 is 0 Å². The first-order valence-electron chi connectivity index (χ1n) is 16.0. The number of nitrogens with zero attached hydrogens (tertiary/aromatic N) is 3. The van der Waals surface area contributed by atoms with Crippen molar-refractivity contribution in [1.29, 1.82) is 0 Å². The molecule has 5 aromatic carbocycles. The van der Waals surface area contributed by atoms with Gasteiger partial charge in [0.05, 0.1) is 16.6 Å². The van der Waals surface area contributed by atoms with Gasteiger partial charge in [0.15, 0.2) is 0 Å². The maximum atomic E-state index is 4.80. The average Bonchev–Trinajstić information content (AvgIpc) is 3.63. The first-order valence-corrected chi connectivity index (χ1v) is 16.0. The molecule has 0 saturated carbocycles. The van der Waals surface area contributed by atoms with Crippen LogP contribution in [-0.4, -0.2) is 15.3 Å². The Morgan fingerprint density at radius 3 is 2.04 bits per heavy atom. The molecule has 3 nitrogen and oxygen atoms in total. The highest BCUT2D eigenvalue weighted by Crippen LogP contribution is 2.40. The Kier molecular flexibility index (Phi) is 5.99. The minimum Gasteiger partial charge on any atom is -0.313 e. The summed E-state index contributed by atoms with van der Waals surface area (Å²) in [5, 5.41) is 3.89. The van der Waals surface area contributed by atoms with Crippen molar-refractivity contribution in [2.24, 2.45) is 4.99 Å². The fraction of sp³-hybridized carbons (Fsp3) is 0.119. The number of rotatable bonds is 4. The van der Waals surface area contributed by atoms with Gasteiger partial charge in [-0.1, -0.05) is 97.9 Å². The van der Waals surface area contributed by atoms with Gasteiger partial charge in [-0.2, -0.15) is 0 Å². The van der Waals surface area contributed by atoms with Crippen molar-refractivity contribution in [3.05, 3.63) is 156 Å². The number of hydrogen-bond acceptors (Lipinski definition) is 1. The number of allylic oxidation sites excluding steroid dienone is 2. The Hall–Kier alpha value is -5.41. The molecule has 45 heavy (non-hydrogen) atoms. The fourth-order valence-electron chi connectivity index (χ4n) is 7.64. The summed E-state index contributed by atoms with van der Waals surface area (Å²) in [4.78, 5) is 4.80. The maximum Gasteiger partial charge on any atom is 0.0541 e. The van der Waals surface area contributed by atoms with Crippen molar-refractivity contribution in [2.45, 2.75) is 31.6 Å². The molecule has 0 radical (unpaired) electrons. The van der Waals surface area contributed by atoms with E-state index in [1.54, 1.807) is 0 Å². The third-order valence-corrected chi connectivity index (χ3v) is 9.74. The molecule has 1 aliphatic heterocycles. The summed E-state index contributed by atoms with van der Waals surface area (Å²) >= 11 is 0. The highest BCUT2D eigenvalue weighted by atomic mass is 15.0. The number of hydrogen-bond donors (Lipinski definition) is 0. The number of aromatic nitrogens is 2. The molecular formula is C42H33N3. The Balaban J connectivity index is 1.08. The first-order chi connectivity index (χ1) is 22.2. The summed E-state index contributed by atoms with van der Waals surface area (Å²) < 4.78 is 4.88. The SMILES string of the molecule is CC1CC=Cc2c1n(-c1cccc(C3C=NC=C(c4cccc(-n5c6ccccc6c6ccccc65)c4)C3)c1)c1ccccc21. The van der Waals surface area contributed by atoms with Crippen molar-refractivity contribution >= 4 is 50.6 Å². The van der Waals surface area contributed by atoms with Crippen molar-refractivity contribution in [2.75, 3.05) is 0 Å². The molecule has 0 fully saturated rings. The molecule has 1 aliphatic carbocycles. The monoisotopic (exact) mass is 579 g/mol. The van der Waals surface area contributed by atoms with Gasteiger partial charge in [-0.3, -0.25) is 4.99 Å². The van der Waals surface area contributed by atoms with Gasteiger partial charge in [-0.15, -0.1) is 0 Å². The standard InChI is InChI=1S/C42H33N3/c1-28-11-8-19-38-37-18-4-7-22-41(37)45(42(28)38)34-15-10-13-30(25-34)32-23-31(26-43-27-32)29-12-9-14-33(24-29)44-39-20-5-2-16-35(39)36-17-3-6-21-40(36)44/h2-10,12-22,24-28,32H,11,23H2,1H3. The van der Waals surface area contributed by atoms with Crippen LogP contribution in [0.2, 0.25) is 0 Å². The van der Waals surface area contributed by atoms with Crippen LogP contribution in [0.4, 0.5) is 0 Å². The smallest absolute Gasteiger partial charge is 0.0541 e. The molecule has 0 amide bonds. The normalized spacial score (nSPS) is 17.7. The molecule has 0 saturated heterocycles. The molecule has 3 heteroatoms. The van der Waals surface area contributed by atoms with Crippen LogP contribution in [-0.2, 0) is 0 Å². The Morgan fingerprint density at radius 2 is 1.29 bits per heavy atom. The molecule has 2 aliphatic rings. The lowest BCUT2D eigenvalue weighted by atomic mass is 9.88. The Bertz CT molecular complexity index is 2310. The topological polar surface area (TPSA) is 22.2 Å². The Labute approximate surface area is 263 Å². The lowest BCUT2D eigenvalue weighted by Gasteiger charge is -2.22. The van der Waals surface area contributed by atoms with Crippen molar-refractivity contribution in [3.8, 4) is 11.4 Å². The van der Waals surface area contributed by atoms with E-state index in [2.05, 4.69) is 162 Å². The van der Waals surface area contributed by atoms with Crippen LogP contribution >= 0.6 is 0 Å². The molecule has 2 unspecified atom stereocenters. The summed E-state index contributed by atoms with van der Waals surface area (Å²) in [6, 6.07) is 44.3. The molecule has 9 rings (SSSR count). The third-order valence-electron chi connectivity index (χ3n) is 9.74. The van der Waals surface area contributed by atoms with E-state index in [1.165, 1.54) is 72.0 Å². The van der Waals surface area contributed by atoms with E-state index in [0.717, 1.165) is 12.8 Å². The number of benzene rings is 5. The first kappa shape index (κ1) is 26.0. The maximum absolute atomic E-state index is 4.80. The van der Waals surface area contributed by atoms with Gasteiger partial charge < -0.3 is 9.13 Å². The van der Waals surface area contributed by atoms with Gasteiger partial charge >= 0.3 is 0 Å². The van der Waals surface area contributed by atoms with E-state index in [0.29, 0.717) is 5.92 Å². The van der Waals surface area contributed by atoms with Gasteiger partial charge in [0.25, 0.3) is 0 Å². The van der Waals surface area contributed by atoms with Gasteiger partial charge in [-0.25, -0.2) is 0 Å². The largest absolute Gasteiger partial charge is 0.313 e. The zero-order chi connectivity index (χ0) is 29.9. The van der Waals surface area contributed by atoms with Crippen molar-refractivity contribution < 1.29 is 0 Å². The van der Waals surface area contributed by atoms with Crippen LogP contribution in [0.25, 0.3) is 55.7 Å². The highest BCUT2D eigenvalue weighted by Gasteiger charge is 2.24. The van der Waals surface area contributed by atoms with Gasteiger partial charge in [0.2, 0.25) is 0 Å². The molecule has 2 aromatic heterocycles. The van der Waals surface area contributed by atoms with Crippen LogP contribution in [0.5, 0.6) is 0 Å². The summed E-state index contributed by atoms with van der Waals surface area (Å²) in [6.07, 6.45) is 10.8. The lowest BCUT2D eigenvalue weighted by Crippen LogP contribution is -2.09. The predicted molar refractivity (Wildman–Crippen MR) is 190 cm³/mol. The van der Waals surface area contributed by atoms with Crippen molar-refractivity contribution in [1.82, 2.24) is 9.13 Å². The van der Waals surface area contributed by atoms with E-state index in [-0.39, 0.29) is 5.92 Å². The van der Waals surface area contributed by atoms with Gasteiger partial charge in [-0.05, 0) is 72.0 Å². The van der Waals surface area contributed by atoms with Crippen LogP contribution < -0.4 is 0 Å². The second-order valence-electron chi connectivity index (χ2n) is 12.5. The summed E-state index contributed by atoms with van der Waals surface area (Å²) in [5.74, 6) is 0.672. The summed E-state index contributed by atoms with van der Waals surface area (Å²) in [7, 11) is 0. The molecule has 3 heterocycles. The van der Waals surface area contributed by atoms with E-state index in [4.69, 9.17) is 4.99 Å². The van der Waals surface area contributed by atoms with Gasteiger partial charge in [0.1, 0.15) is 0 Å². The number of para-hydroxylation sites is 3. The molecule has 2 atom stereocenters. The second-order valence-corrected chi connectivity index (χ2v) is 12.5. The third kappa shape index (κ3) is 4.15. The summed E-state index contributed by atoms with van der Waals surface area (Å²) in [5.41, 5.74) is 12.7. The zero-order valence-corrected chi connectivity index (χ0v) is 25.3. The zero-order valence-electron chi connectivity index (χ0n) is 25.3. The Morgan fingerprint density at radius 1 is 0.644 bits per heavy atom.